The number of rotatable bonds is 11. The van der Waals surface area contributed by atoms with Crippen LogP contribution in [0.1, 0.15) is 55.3 Å². The van der Waals surface area contributed by atoms with Gasteiger partial charge < -0.3 is 20.1 Å². The Kier molecular flexibility index (Phi) is 10.4. The van der Waals surface area contributed by atoms with E-state index in [1.54, 1.807) is 31.4 Å². The number of para-hydroxylation sites is 1. The molecule has 1 amide bonds. The van der Waals surface area contributed by atoms with Crippen molar-refractivity contribution in [1.82, 2.24) is 10.2 Å². The zero-order chi connectivity index (χ0) is 26.9. The van der Waals surface area contributed by atoms with E-state index in [1.165, 1.54) is 44.2 Å². The first-order valence-corrected chi connectivity index (χ1v) is 14.0. The molecule has 1 saturated heterocycles. The van der Waals surface area contributed by atoms with Crippen molar-refractivity contribution in [3.8, 4) is 5.75 Å². The van der Waals surface area contributed by atoms with Crippen LogP contribution in [-0.4, -0.2) is 68.4 Å². The number of hydrogen-bond donors (Lipinski definition) is 2. The number of ether oxygens (including phenoxy) is 1. The Bertz CT molecular complexity index is 1040. The number of piperazine rings is 1. The highest BCUT2D eigenvalue weighted by atomic mass is 19.1. The molecule has 1 saturated carbocycles. The van der Waals surface area contributed by atoms with Crippen LogP contribution in [0.2, 0.25) is 0 Å². The van der Waals surface area contributed by atoms with Gasteiger partial charge in [-0.1, -0.05) is 25.0 Å². The summed E-state index contributed by atoms with van der Waals surface area (Å²) in [6.07, 6.45) is 7.92. The van der Waals surface area contributed by atoms with Crippen molar-refractivity contribution in [2.75, 3.05) is 51.3 Å². The minimum Gasteiger partial charge on any atom is -0.507 e. The van der Waals surface area contributed by atoms with E-state index >= 15 is 0 Å². The monoisotopic (exact) mass is 529 g/mol. The predicted molar refractivity (Wildman–Crippen MR) is 146 cm³/mol. The Morgan fingerprint density at radius 2 is 1.82 bits per heavy atom. The highest BCUT2D eigenvalue weighted by molar-refractivity contribution is 5.96. The first kappa shape index (κ1) is 28.3. The number of anilines is 1. The number of carbonyl (C=O) groups is 1. The van der Waals surface area contributed by atoms with Gasteiger partial charge in [0.05, 0.1) is 17.4 Å². The summed E-state index contributed by atoms with van der Waals surface area (Å²) >= 11 is 0. The number of nitrogens with zero attached hydrogens (tertiary/aromatic N) is 2. The van der Waals surface area contributed by atoms with E-state index in [-0.39, 0.29) is 17.8 Å². The standard InChI is InChI=1S/C30H41F2N3O3/c1-38-29(7-4-15-33-30(37)25-5-2-3-6-28(25)36)23-10-8-22(9-11-23)14-16-34-17-19-35(20-18-34)27-13-12-24(31)21-26(27)32/h2-3,5-6,12-13,21-23,29,36H,4,7-11,14-20H2,1H3,(H,33,37). The lowest BCUT2D eigenvalue weighted by Gasteiger charge is -2.38. The van der Waals surface area contributed by atoms with Crippen LogP contribution in [-0.2, 0) is 4.74 Å². The molecule has 208 valence electrons. The third kappa shape index (κ3) is 7.67. The minimum absolute atomic E-state index is 0.000764. The molecule has 2 aromatic rings. The van der Waals surface area contributed by atoms with Gasteiger partial charge in [0.25, 0.3) is 5.91 Å². The van der Waals surface area contributed by atoms with Crippen molar-refractivity contribution in [3.05, 3.63) is 59.7 Å². The number of aromatic hydroxyl groups is 1. The number of hydrogen-bond acceptors (Lipinski definition) is 5. The van der Waals surface area contributed by atoms with Crippen molar-refractivity contribution < 1.29 is 23.4 Å². The largest absolute Gasteiger partial charge is 0.507 e. The van der Waals surface area contributed by atoms with Gasteiger partial charge in [-0.2, -0.15) is 0 Å². The van der Waals surface area contributed by atoms with E-state index in [2.05, 4.69) is 10.2 Å². The van der Waals surface area contributed by atoms with E-state index < -0.39 is 11.6 Å². The maximum Gasteiger partial charge on any atom is 0.255 e. The van der Waals surface area contributed by atoms with E-state index in [4.69, 9.17) is 4.74 Å². The topological polar surface area (TPSA) is 65.0 Å². The molecule has 8 heteroatoms. The second-order valence-electron chi connectivity index (χ2n) is 10.7. The van der Waals surface area contributed by atoms with Crippen molar-refractivity contribution in [1.29, 1.82) is 0 Å². The van der Waals surface area contributed by atoms with Gasteiger partial charge in [0.1, 0.15) is 17.4 Å². The summed E-state index contributed by atoms with van der Waals surface area (Å²) in [5.74, 6) is 0.0154. The lowest BCUT2D eigenvalue weighted by molar-refractivity contribution is 0.0212. The number of phenols is 1. The van der Waals surface area contributed by atoms with Gasteiger partial charge in [0.2, 0.25) is 0 Å². The third-order valence-electron chi connectivity index (χ3n) is 8.30. The molecule has 6 nitrogen and oxygen atoms in total. The number of benzene rings is 2. The van der Waals surface area contributed by atoms with Crippen LogP contribution in [0.3, 0.4) is 0 Å². The lowest BCUT2D eigenvalue weighted by Crippen LogP contribution is -2.47. The molecule has 2 aromatic carbocycles. The van der Waals surface area contributed by atoms with E-state index in [0.29, 0.717) is 23.7 Å². The van der Waals surface area contributed by atoms with Crippen LogP contribution in [0.5, 0.6) is 5.75 Å². The molecule has 38 heavy (non-hydrogen) atoms. The molecule has 2 aliphatic rings. The molecular formula is C30H41F2N3O3. The summed E-state index contributed by atoms with van der Waals surface area (Å²) in [5.41, 5.74) is 0.799. The summed E-state index contributed by atoms with van der Waals surface area (Å²) in [6, 6.07) is 10.4. The SMILES string of the molecule is COC(CCCNC(=O)c1ccccc1O)C1CCC(CCN2CCN(c3ccc(F)cc3F)CC2)CC1. The second-order valence-corrected chi connectivity index (χ2v) is 10.7. The highest BCUT2D eigenvalue weighted by Gasteiger charge is 2.28. The zero-order valence-electron chi connectivity index (χ0n) is 22.4. The Labute approximate surface area is 225 Å². The maximum absolute atomic E-state index is 14.1. The van der Waals surface area contributed by atoms with Crippen molar-refractivity contribution in [2.24, 2.45) is 11.8 Å². The molecule has 0 bridgehead atoms. The Balaban J connectivity index is 1.11. The zero-order valence-corrected chi connectivity index (χ0v) is 22.4. The summed E-state index contributed by atoms with van der Waals surface area (Å²) in [6.45, 7) is 4.95. The van der Waals surface area contributed by atoms with Crippen LogP contribution in [0.25, 0.3) is 0 Å². The molecule has 2 fully saturated rings. The fourth-order valence-electron chi connectivity index (χ4n) is 5.98. The lowest BCUT2D eigenvalue weighted by atomic mass is 9.77. The molecule has 1 atom stereocenters. The quantitative estimate of drug-likeness (QED) is 0.391. The average Bonchev–Trinajstić information content (AvgIpc) is 2.93. The van der Waals surface area contributed by atoms with E-state index in [0.717, 1.165) is 57.5 Å². The second kappa shape index (κ2) is 13.9. The molecule has 1 heterocycles. The molecule has 1 aliphatic heterocycles. The fraction of sp³-hybridized carbons (Fsp3) is 0.567. The number of halogens is 2. The molecule has 0 spiro atoms. The van der Waals surface area contributed by atoms with E-state index in [1.807, 2.05) is 4.90 Å². The third-order valence-corrected chi connectivity index (χ3v) is 8.30. The summed E-state index contributed by atoms with van der Waals surface area (Å²) in [5, 5.41) is 12.7. The van der Waals surface area contributed by atoms with E-state index in [9.17, 15) is 18.7 Å². The fourth-order valence-corrected chi connectivity index (χ4v) is 5.98. The highest BCUT2D eigenvalue weighted by Crippen LogP contribution is 2.35. The maximum atomic E-state index is 14.1. The van der Waals surface area contributed by atoms with Gasteiger partial charge in [-0.25, -0.2) is 8.78 Å². The van der Waals surface area contributed by atoms with Crippen LogP contribution in [0.15, 0.2) is 42.5 Å². The van der Waals surface area contributed by atoms with Gasteiger partial charge in [0, 0.05) is 45.9 Å². The molecule has 0 radical (unpaired) electrons. The molecule has 1 unspecified atom stereocenters. The van der Waals surface area contributed by atoms with Crippen LogP contribution in [0, 0.1) is 23.5 Å². The molecule has 4 rings (SSSR count). The number of carbonyl (C=O) groups excluding carboxylic acids is 1. The normalized spacial score (nSPS) is 21.3. The number of nitrogens with one attached hydrogen (secondary N) is 1. The van der Waals surface area contributed by atoms with Gasteiger partial charge in [-0.3, -0.25) is 9.69 Å². The summed E-state index contributed by atoms with van der Waals surface area (Å²) in [4.78, 5) is 16.7. The molecule has 0 aromatic heterocycles. The molecule has 1 aliphatic carbocycles. The van der Waals surface area contributed by atoms with Crippen LogP contribution >= 0.6 is 0 Å². The first-order chi connectivity index (χ1) is 18.4. The summed E-state index contributed by atoms with van der Waals surface area (Å²) < 4.78 is 33.2. The molecular weight excluding hydrogens is 488 g/mol. The molecule has 2 N–H and O–H groups in total. The number of methoxy groups -OCH3 is 1. The van der Waals surface area contributed by atoms with Crippen molar-refractivity contribution in [3.63, 3.8) is 0 Å². The van der Waals surface area contributed by atoms with Crippen LogP contribution in [0.4, 0.5) is 14.5 Å². The van der Waals surface area contributed by atoms with Crippen molar-refractivity contribution >= 4 is 11.6 Å². The van der Waals surface area contributed by atoms with Crippen LogP contribution < -0.4 is 10.2 Å². The number of phenolic OH excluding ortho intramolecular Hbond substituents is 1. The van der Waals surface area contributed by atoms with Gasteiger partial charge in [0.15, 0.2) is 0 Å². The van der Waals surface area contributed by atoms with Gasteiger partial charge in [-0.15, -0.1) is 0 Å². The average molecular weight is 530 g/mol. The van der Waals surface area contributed by atoms with Gasteiger partial charge in [-0.05, 0) is 74.8 Å². The predicted octanol–water partition coefficient (Wildman–Crippen LogP) is 5.21. The minimum atomic E-state index is -0.536. The Morgan fingerprint density at radius 3 is 2.50 bits per heavy atom. The van der Waals surface area contributed by atoms with Gasteiger partial charge >= 0.3 is 0 Å². The number of amides is 1. The Morgan fingerprint density at radius 1 is 1.08 bits per heavy atom. The Hall–Kier alpha value is -2.71. The van der Waals surface area contributed by atoms with Crippen molar-refractivity contribution in [2.45, 2.75) is 51.0 Å². The smallest absolute Gasteiger partial charge is 0.255 e. The first-order valence-electron chi connectivity index (χ1n) is 14.0. The summed E-state index contributed by atoms with van der Waals surface area (Å²) in [7, 11) is 1.79.